The fraction of sp³-hybridized carbons (Fsp3) is 0.562. The third-order valence-corrected chi connectivity index (χ3v) is 5.24. The fourth-order valence-electron chi connectivity index (χ4n) is 3.14. The number of halogens is 1. The smallest absolute Gasteiger partial charge is 0.233 e. The standard InChI is InChI=1S/C16H20BrNO2/c17-14-3-1-13(2-4-14)16(7-8-16)15(20)18-9-5-12(11-19)6-10-18/h1-4,12,19H,5-11H2. The van der Waals surface area contributed by atoms with Gasteiger partial charge in [-0.25, -0.2) is 0 Å². The summed E-state index contributed by atoms with van der Waals surface area (Å²) in [5, 5.41) is 9.18. The molecule has 2 aliphatic rings. The molecule has 0 unspecified atom stereocenters. The lowest BCUT2D eigenvalue weighted by Gasteiger charge is -2.34. The van der Waals surface area contributed by atoms with Gasteiger partial charge in [-0.3, -0.25) is 4.79 Å². The second kappa shape index (κ2) is 5.49. The maximum absolute atomic E-state index is 12.8. The zero-order valence-electron chi connectivity index (χ0n) is 11.5. The molecule has 1 N–H and O–H groups in total. The summed E-state index contributed by atoms with van der Waals surface area (Å²) in [4.78, 5) is 14.8. The van der Waals surface area contributed by atoms with Crippen LogP contribution in [0.1, 0.15) is 31.2 Å². The first kappa shape index (κ1) is 14.1. The Bertz CT molecular complexity index is 488. The zero-order chi connectivity index (χ0) is 14.2. The van der Waals surface area contributed by atoms with Gasteiger partial charge in [0.2, 0.25) is 5.91 Å². The number of piperidine rings is 1. The topological polar surface area (TPSA) is 40.5 Å². The third-order valence-electron chi connectivity index (χ3n) is 4.72. The van der Waals surface area contributed by atoms with Crippen molar-refractivity contribution in [1.82, 2.24) is 4.90 Å². The Morgan fingerprint density at radius 2 is 1.85 bits per heavy atom. The van der Waals surface area contributed by atoms with E-state index in [9.17, 15) is 9.90 Å². The van der Waals surface area contributed by atoms with E-state index in [0.717, 1.165) is 48.8 Å². The number of carbonyl (C=O) groups is 1. The van der Waals surface area contributed by atoms with Crippen LogP contribution in [0.4, 0.5) is 0 Å². The molecular weight excluding hydrogens is 318 g/mol. The Morgan fingerprint density at radius 1 is 1.25 bits per heavy atom. The van der Waals surface area contributed by atoms with Crippen molar-refractivity contribution in [2.75, 3.05) is 19.7 Å². The molecule has 0 atom stereocenters. The monoisotopic (exact) mass is 337 g/mol. The van der Waals surface area contributed by atoms with E-state index in [4.69, 9.17) is 0 Å². The Balaban J connectivity index is 1.72. The van der Waals surface area contributed by atoms with Gasteiger partial charge in [-0.15, -0.1) is 0 Å². The number of carbonyl (C=O) groups excluding carboxylic acids is 1. The Hall–Kier alpha value is -0.870. The van der Waals surface area contributed by atoms with Gasteiger partial charge < -0.3 is 10.0 Å². The number of aliphatic hydroxyl groups excluding tert-OH is 1. The average Bonchev–Trinajstić information content (AvgIpc) is 3.29. The summed E-state index contributed by atoms with van der Waals surface area (Å²) >= 11 is 3.44. The summed E-state index contributed by atoms with van der Waals surface area (Å²) < 4.78 is 1.05. The van der Waals surface area contributed by atoms with E-state index in [1.54, 1.807) is 0 Å². The van der Waals surface area contributed by atoms with Gasteiger partial charge in [0.1, 0.15) is 0 Å². The Morgan fingerprint density at radius 3 is 2.35 bits per heavy atom. The molecule has 1 aromatic carbocycles. The van der Waals surface area contributed by atoms with E-state index in [-0.39, 0.29) is 17.9 Å². The zero-order valence-corrected chi connectivity index (χ0v) is 13.1. The quantitative estimate of drug-likeness (QED) is 0.921. The lowest BCUT2D eigenvalue weighted by molar-refractivity contribution is -0.135. The molecule has 0 bridgehead atoms. The Kier molecular flexibility index (Phi) is 3.87. The van der Waals surface area contributed by atoms with Crippen LogP contribution >= 0.6 is 15.9 Å². The van der Waals surface area contributed by atoms with E-state index in [2.05, 4.69) is 28.1 Å². The molecule has 1 aromatic rings. The number of nitrogens with zero attached hydrogens (tertiary/aromatic N) is 1. The lowest BCUT2D eigenvalue weighted by Crippen LogP contribution is -2.44. The van der Waals surface area contributed by atoms with Crippen LogP contribution in [-0.2, 0) is 10.2 Å². The summed E-state index contributed by atoms with van der Waals surface area (Å²) in [6.45, 7) is 1.84. The van der Waals surface area contributed by atoms with Crippen molar-refractivity contribution in [3.63, 3.8) is 0 Å². The van der Waals surface area contributed by atoms with E-state index in [1.165, 1.54) is 0 Å². The minimum absolute atomic E-state index is 0.250. The van der Waals surface area contributed by atoms with Crippen molar-refractivity contribution in [1.29, 1.82) is 0 Å². The number of aliphatic hydroxyl groups is 1. The maximum atomic E-state index is 12.8. The highest BCUT2D eigenvalue weighted by Crippen LogP contribution is 2.50. The summed E-state index contributed by atoms with van der Waals surface area (Å²) in [6.07, 6.45) is 3.79. The summed E-state index contributed by atoms with van der Waals surface area (Å²) in [5.41, 5.74) is 0.891. The van der Waals surface area contributed by atoms with Crippen LogP contribution in [0.25, 0.3) is 0 Å². The molecule has 0 radical (unpaired) electrons. The normalized spacial score (nSPS) is 21.8. The highest BCUT2D eigenvalue weighted by Gasteiger charge is 2.53. The van der Waals surface area contributed by atoms with Gasteiger partial charge in [-0.2, -0.15) is 0 Å². The largest absolute Gasteiger partial charge is 0.396 e. The molecule has 3 nitrogen and oxygen atoms in total. The van der Waals surface area contributed by atoms with Crippen LogP contribution in [0.2, 0.25) is 0 Å². The first-order valence-electron chi connectivity index (χ1n) is 7.32. The summed E-state index contributed by atoms with van der Waals surface area (Å²) in [6, 6.07) is 8.16. The minimum Gasteiger partial charge on any atom is -0.396 e. The predicted molar refractivity (Wildman–Crippen MR) is 81.4 cm³/mol. The highest BCUT2D eigenvalue weighted by atomic mass is 79.9. The van der Waals surface area contributed by atoms with Crippen LogP contribution in [0, 0.1) is 5.92 Å². The van der Waals surface area contributed by atoms with Crippen LogP contribution in [-0.4, -0.2) is 35.6 Å². The van der Waals surface area contributed by atoms with Crippen LogP contribution in [0.3, 0.4) is 0 Å². The molecule has 1 heterocycles. The second-order valence-corrected chi connectivity index (χ2v) is 6.92. The SMILES string of the molecule is O=C(N1CCC(CO)CC1)C1(c2ccc(Br)cc2)CC1. The van der Waals surface area contributed by atoms with E-state index >= 15 is 0 Å². The molecule has 0 aromatic heterocycles. The number of rotatable bonds is 3. The molecule has 108 valence electrons. The highest BCUT2D eigenvalue weighted by molar-refractivity contribution is 9.10. The molecule has 1 aliphatic carbocycles. The molecule has 20 heavy (non-hydrogen) atoms. The van der Waals surface area contributed by atoms with Crippen molar-refractivity contribution in [2.45, 2.75) is 31.1 Å². The average molecular weight is 338 g/mol. The lowest BCUT2D eigenvalue weighted by atomic mass is 9.91. The van der Waals surface area contributed by atoms with Crippen LogP contribution in [0.15, 0.2) is 28.7 Å². The van der Waals surface area contributed by atoms with Gasteiger partial charge in [0.15, 0.2) is 0 Å². The van der Waals surface area contributed by atoms with E-state index in [0.29, 0.717) is 5.92 Å². The van der Waals surface area contributed by atoms with Crippen molar-refractivity contribution in [2.24, 2.45) is 5.92 Å². The maximum Gasteiger partial charge on any atom is 0.233 e. The van der Waals surface area contributed by atoms with Crippen molar-refractivity contribution in [3.05, 3.63) is 34.3 Å². The first-order chi connectivity index (χ1) is 9.65. The minimum atomic E-state index is -0.257. The van der Waals surface area contributed by atoms with Gasteiger partial charge in [0.05, 0.1) is 5.41 Å². The molecule has 4 heteroatoms. The number of hydrogen-bond acceptors (Lipinski definition) is 2. The first-order valence-corrected chi connectivity index (χ1v) is 8.11. The molecule has 1 saturated heterocycles. The van der Waals surface area contributed by atoms with Gasteiger partial charge in [-0.05, 0) is 49.3 Å². The predicted octanol–water partition coefficient (Wildman–Crippen LogP) is 2.71. The number of hydrogen-bond donors (Lipinski definition) is 1. The number of likely N-dealkylation sites (tertiary alicyclic amines) is 1. The number of benzene rings is 1. The summed E-state index contributed by atoms with van der Waals surface area (Å²) in [7, 11) is 0. The molecule has 0 spiro atoms. The van der Waals surface area contributed by atoms with Gasteiger partial charge in [0, 0.05) is 24.2 Å². The van der Waals surface area contributed by atoms with E-state index in [1.807, 2.05) is 17.0 Å². The molecule has 1 saturated carbocycles. The summed E-state index contributed by atoms with van der Waals surface area (Å²) in [5.74, 6) is 0.665. The van der Waals surface area contributed by atoms with Crippen molar-refractivity contribution >= 4 is 21.8 Å². The molecule has 1 amide bonds. The van der Waals surface area contributed by atoms with Gasteiger partial charge >= 0.3 is 0 Å². The molecular formula is C16H20BrNO2. The van der Waals surface area contributed by atoms with E-state index < -0.39 is 0 Å². The van der Waals surface area contributed by atoms with Crippen LogP contribution in [0.5, 0.6) is 0 Å². The Labute approximate surface area is 128 Å². The van der Waals surface area contributed by atoms with Crippen molar-refractivity contribution in [3.8, 4) is 0 Å². The van der Waals surface area contributed by atoms with Crippen molar-refractivity contribution < 1.29 is 9.90 Å². The molecule has 3 rings (SSSR count). The molecule has 2 fully saturated rings. The third kappa shape index (κ3) is 2.51. The molecule has 1 aliphatic heterocycles. The number of amides is 1. The van der Waals surface area contributed by atoms with Gasteiger partial charge in [0.25, 0.3) is 0 Å². The fourth-order valence-corrected chi connectivity index (χ4v) is 3.41. The van der Waals surface area contributed by atoms with Gasteiger partial charge in [-0.1, -0.05) is 28.1 Å². The van der Waals surface area contributed by atoms with Crippen LogP contribution < -0.4 is 0 Å². The second-order valence-electron chi connectivity index (χ2n) is 6.01.